The number of ether oxygens (including phenoxy) is 1. The van der Waals surface area contributed by atoms with Crippen LogP contribution in [0.15, 0.2) is 42.5 Å². The molecule has 0 N–H and O–H groups in total. The molecule has 20 heavy (non-hydrogen) atoms. The van der Waals surface area contributed by atoms with Crippen LogP contribution in [0.1, 0.15) is 11.1 Å². The van der Waals surface area contributed by atoms with Gasteiger partial charge in [0.1, 0.15) is 11.5 Å². The van der Waals surface area contributed by atoms with E-state index in [1.54, 1.807) is 18.2 Å². The second kappa shape index (κ2) is 6.06. The highest BCUT2D eigenvalue weighted by atomic mass is 79.9. The van der Waals surface area contributed by atoms with Crippen molar-refractivity contribution in [3.63, 3.8) is 0 Å². The van der Waals surface area contributed by atoms with E-state index in [2.05, 4.69) is 15.9 Å². The van der Waals surface area contributed by atoms with Crippen LogP contribution in [-0.4, -0.2) is 0 Å². The van der Waals surface area contributed by atoms with Gasteiger partial charge in [-0.15, -0.1) is 0 Å². The molecule has 0 amide bonds. The van der Waals surface area contributed by atoms with Crippen molar-refractivity contribution in [2.45, 2.75) is 11.5 Å². The molecule has 0 aliphatic heterocycles. The number of halogens is 5. The number of hydrogen-bond acceptors (Lipinski definition) is 1. The van der Waals surface area contributed by atoms with E-state index in [1.165, 1.54) is 18.2 Å². The molecule has 0 aliphatic carbocycles. The maximum absolute atomic E-state index is 12.9. The van der Waals surface area contributed by atoms with Crippen LogP contribution in [0.2, 0.25) is 5.02 Å². The highest BCUT2D eigenvalue weighted by Gasteiger charge is 2.34. The van der Waals surface area contributed by atoms with Gasteiger partial charge >= 0.3 is 6.18 Å². The first kappa shape index (κ1) is 15.2. The first-order valence-corrected chi connectivity index (χ1v) is 7.10. The molecular weight excluding hydrogens is 357 g/mol. The zero-order chi connectivity index (χ0) is 14.8. The Hall–Kier alpha value is -1.20. The maximum Gasteiger partial charge on any atom is 0.419 e. The highest BCUT2D eigenvalue weighted by Crippen LogP contribution is 2.39. The molecule has 0 atom stereocenters. The number of rotatable bonds is 3. The molecule has 1 nitrogen and oxygen atoms in total. The van der Waals surface area contributed by atoms with Crippen LogP contribution >= 0.6 is 27.5 Å². The zero-order valence-electron chi connectivity index (χ0n) is 10.0. The molecule has 2 aromatic carbocycles. The monoisotopic (exact) mass is 364 g/mol. The minimum atomic E-state index is -4.46. The molecule has 0 radical (unpaired) electrons. The third-order valence-electron chi connectivity index (χ3n) is 2.58. The average Bonchev–Trinajstić information content (AvgIpc) is 2.40. The van der Waals surface area contributed by atoms with Crippen LogP contribution in [0, 0.1) is 0 Å². The van der Waals surface area contributed by atoms with Crippen molar-refractivity contribution in [1.82, 2.24) is 0 Å². The first-order valence-electron chi connectivity index (χ1n) is 5.60. The van der Waals surface area contributed by atoms with Crippen LogP contribution in [0.3, 0.4) is 0 Å². The third kappa shape index (κ3) is 3.46. The lowest BCUT2D eigenvalue weighted by Gasteiger charge is -2.15. The van der Waals surface area contributed by atoms with Gasteiger partial charge in [-0.2, -0.15) is 13.2 Å². The largest absolute Gasteiger partial charge is 0.456 e. The first-order chi connectivity index (χ1) is 9.41. The van der Waals surface area contributed by atoms with Crippen molar-refractivity contribution >= 4 is 27.5 Å². The molecule has 2 rings (SSSR count). The number of hydrogen-bond donors (Lipinski definition) is 0. The second-order valence-corrected chi connectivity index (χ2v) is 4.98. The summed E-state index contributed by atoms with van der Waals surface area (Å²) >= 11 is 9.10. The van der Waals surface area contributed by atoms with Crippen LogP contribution in [-0.2, 0) is 11.5 Å². The van der Waals surface area contributed by atoms with Gasteiger partial charge in [-0.3, -0.25) is 0 Å². The molecule has 0 aromatic heterocycles. The van der Waals surface area contributed by atoms with Crippen LogP contribution < -0.4 is 4.74 Å². The van der Waals surface area contributed by atoms with Gasteiger partial charge in [-0.25, -0.2) is 0 Å². The predicted molar refractivity (Wildman–Crippen MR) is 75.6 cm³/mol. The Morgan fingerprint density at radius 2 is 1.75 bits per heavy atom. The van der Waals surface area contributed by atoms with Crippen LogP contribution in [0.25, 0.3) is 0 Å². The molecule has 0 saturated carbocycles. The Morgan fingerprint density at radius 3 is 2.40 bits per heavy atom. The summed E-state index contributed by atoms with van der Waals surface area (Å²) < 4.78 is 44.1. The van der Waals surface area contributed by atoms with Gasteiger partial charge < -0.3 is 4.74 Å². The molecule has 0 heterocycles. The van der Waals surface area contributed by atoms with Crippen molar-refractivity contribution in [1.29, 1.82) is 0 Å². The van der Waals surface area contributed by atoms with E-state index in [0.717, 1.165) is 6.07 Å². The molecule has 0 bridgehead atoms. The van der Waals surface area contributed by atoms with Gasteiger partial charge in [-0.1, -0.05) is 39.7 Å². The Balaban J connectivity index is 2.41. The topological polar surface area (TPSA) is 9.23 Å². The SMILES string of the molecule is FC(F)(F)c1ccccc1Oc1ccc(Cl)cc1CBr. The Labute approximate surface area is 127 Å². The fourth-order valence-corrected chi connectivity index (χ4v) is 2.29. The summed E-state index contributed by atoms with van der Waals surface area (Å²) in [6.07, 6.45) is -4.46. The van der Waals surface area contributed by atoms with Crippen molar-refractivity contribution in [2.75, 3.05) is 0 Å². The molecule has 106 valence electrons. The van der Waals surface area contributed by atoms with Crippen molar-refractivity contribution in [3.8, 4) is 11.5 Å². The van der Waals surface area contributed by atoms with Crippen molar-refractivity contribution < 1.29 is 17.9 Å². The van der Waals surface area contributed by atoms with E-state index in [9.17, 15) is 13.2 Å². The van der Waals surface area contributed by atoms with Crippen LogP contribution in [0.4, 0.5) is 13.2 Å². The van der Waals surface area contributed by atoms with Gasteiger partial charge in [0.15, 0.2) is 0 Å². The normalized spacial score (nSPS) is 11.4. The quantitative estimate of drug-likeness (QED) is 0.602. The Morgan fingerprint density at radius 1 is 1.05 bits per heavy atom. The van der Waals surface area contributed by atoms with Crippen molar-refractivity contribution in [2.24, 2.45) is 0 Å². The number of alkyl halides is 4. The fraction of sp³-hybridized carbons (Fsp3) is 0.143. The molecule has 0 unspecified atom stereocenters. The fourth-order valence-electron chi connectivity index (χ4n) is 1.66. The molecule has 0 aliphatic rings. The average molecular weight is 366 g/mol. The minimum absolute atomic E-state index is 0.232. The summed E-state index contributed by atoms with van der Waals surface area (Å²) in [5, 5.41) is 0.924. The van der Waals surface area contributed by atoms with E-state index in [0.29, 0.717) is 21.7 Å². The van der Waals surface area contributed by atoms with Gasteiger partial charge in [0.2, 0.25) is 0 Å². The summed E-state index contributed by atoms with van der Waals surface area (Å²) in [6.45, 7) is 0. The smallest absolute Gasteiger partial charge is 0.419 e. The van der Waals surface area contributed by atoms with Gasteiger partial charge in [0, 0.05) is 15.9 Å². The number of para-hydroxylation sites is 1. The zero-order valence-corrected chi connectivity index (χ0v) is 12.4. The standard InChI is InChI=1S/C14H9BrClF3O/c15-8-9-7-10(16)5-6-12(9)20-13-4-2-1-3-11(13)14(17,18)19/h1-7H,8H2. The summed E-state index contributed by atoms with van der Waals surface area (Å²) in [6, 6.07) is 9.85. The van der Waals surface area contributed by atoms with E-state index >= 15 is 0 Å². The predicted octanol–water partition coefficient (Wildman–Crippen LogP) is 6.05. The molecule has 0 fully saturated rings. The van der Waals surface area contributed by atoms with E-state index < -0.39 is 11.7 Å². The molecule has 0 spiro atoms. The van der Waals surface area contributed by atoms with E-state index in [1.807, 2.05) is 0 Å². The molecule has 2 aromatic rings. The summed E-state index contributed by atoms with van der Waals surface area (Å²) in [4.78, 5) is 0. The highest BCUT2D eigenvalue weighted by molar-refractivity contribution is 9.08. The van der Waals surface area contributed by atoms with Gasteiger partial charge in [0.25, 0.3) is 0 Å². The summed E-state index contributed by atoms with van der Waals surface area (Å²) in [5.74, 6) is 0.104. The lowest BCUT2D eigenvalue weighted by atomic mass is 10.2. The lowest BCUT2D eigenvalue weighted by Crippen LogP contribution is -2.07. The summed E-state index contributed by atoms with van der Waals surface area (Å²) in [5.41, 5.74) is -0.134. The lowest BCUT2D eigenvalue weighted by molar-refractivity contribution is -0.138. The third-order valence-corrected chi connectivity index (χ3v) is 3.42. The molecular formula is C14H9BrClF3O. The second-order valence-electron chi connectivity index (χ2n) is 3.98. The van der Waals surface area contributed by atoms with Gasteiger partial charge in [0.05, 0.1) is 5.56 Å². The van der Waals surface area contributed by atoms with E-state index in [-0.39, 0.29) is 5.75 Å². The summed E-state index contributed by atoms with van der Waals surface area (Å²) in [7, 11) is 0. The van der Waals surface area contributed by atoms with E-state index in [4.69, 9.17) is 16.3 Å². The number of benzene rings is 2. The molecule has 0 saturated heterocycles. The molecule has 6 heteroatoms. The minimum Gasteiger partial charge on any atom is -0.456 e. The van der Waals surface area contributed by atoms with Crippen LogP contribution in [0.5, 0.6) is 11.5 Å². The Bertz CT molecular complexity index is 614. The Kier molecular flexibility index (Phi) is 4.60. The van der Waals surface area contributed by atoms with Crippen molar-refractivity contribution in [3.05, 3.63) is 58.6 Å². The maximum atomic E-state index is 12.9. The van der Waals surface area contributed by atoms with Gasteiger partial charge in [-0.05, 0) is 30.3 Å².